The maximum Gasteiger partial charge on any atom is 0.251 e. The van der Waals surface area contributed by atoms with E-state index in [0.29, 0.717) is 0 Å². The maximum atomic E-state index is 12.3. The first-order valence-corrected chi connectivity index (χ1v) is 7.69. The number of nitrogens with zero attached hydrogens (tertiary/aromatic N) is 3. The van der Waals surface area contributed by atoms with E-state index in [4.69, 9.17) is 9.26 Å². The summed E-state index contributed by atoms with van der Waals surface area (Å²) in [6.45, 7) is 8.84. The second kappa shape index (κ2) is 6.15. The highest BCUT2D eigenvalue weighted by Crippen LogP contribution is 2.18. The molecule has 3 heterocycles. The molecule has 2 aliphatic rings. The van der Waals surface area contributed by atoms with Gasteiger partial charge in [0.05, 0.1) is 5.69 Å². The van der Waals surface area contributed by atoms with Crippen molar-refractivity contribution >= 4 is 5.91 Å². The molecule has 0 bridgehead atoms. The summed E-state index contributed by atoms with van der Waals surface area (Å²) in [7, 11) is 0. The van der Waals surface area contributed by atoms with Crippen LogP contribution < -0.4 is 0 Å². The van der Waals surface area contributed by atoms with Crippen LogP contribution >= 0.6 is 0 Å². The van der Waals surface area contributed by atoms with Gasteiger partial charge in [0.25, 0.3) is 5.91 Å². The van der Waals surface area contributed by atoms with E-state index in [9.17, 15) is 4.79 Å². The molecule has 0 aliphatic carbocycles. The van der Waals surface area contributed by atoms with Crippen LogP contribution in [0.3, 0.4) is 0 Å². The summed E-state index contributed by atoms with van der Waals surface area (Å²) in [4.78, 5) is 16.6. The van der Waals surface area contributed by atoms with Crippen molar-refractivity contribution in [2.24, 2.45) is 0 Å². The number of aryl methyl sites for hydroxylation is 2. The summed E-state index contributed by atoms with van der Waals surface area (Å²) < 4.78 is 10.7. The molecule has 1 aromatic rings. The molecule has 6 heteroatoms. The number of ether oxygens (including phenoxy) is 1. The van der Waals surface area contributed by atoms with Gasteiger partial charge in [0.1, 0.15) is 11.9 Å². The van der Waals surface area contributed by atoms with Crippen molar-refractivity contribution in [3.63, 3.8) is 0 Å². The molecule has 116 valence electrons. The molecular formula is C15H23N3O3. The lowest BCUT2D eigenvalue weighted by Crippen LogP contribution is -2.51. The van der Waals surface area contributed by atoms with Crippen LogP contribution in [0.4, 0.5) is 0 Å². The number of carbonyl (C=O) groups excluding carboxylic acids is 1. The van der Waals surface area contributed by atoms with E-state index < -0.39 is 0 Å². The Labute approximate surface area is 125 Å². The molecule has 6 nitrogen and oxygen atoms in total. The van der Waals surface area contributed by atoms with E-state index in [2.05, 4.69) is 10.1 Å². The Hall–Kier alpha value is -1.40. The molecule has 0 N–H and O–H groups in total. The van der Waals surface area contributed by atoms with E-state index in [1.807, 2.05) is 18.7 Å². The number of amides is 1. The van der Waals surface area contributed by atoms with Crippen LogP contribution in [0.15, 0.2) is 4.52 Å². The Kier molecular flexibility index (Phi) is 4.26. The quantitative estimate of drug-likeness (QED) is 0.835. The SMILES string of the molecule is Cc1noc(C)c1CN1CCN(C(=O)[C@@H]2CCCO2)CC1. The number of piperazine rings is 1. The third kappa shape index (κ3) is 3.11. The van der Waals surface area contributed by atoms with Gasteiger partial charge < -0.3 is 14.2 Å². The van der Waals surface area contributed by atoms with E-state index in [1.54, 1.807) is 0 Å². The third-order valence-corrected chi connectivity index (χ3v) is 4.45. The predicted octanol–water partition coefficient (Wildman–Crippen LogP) is 1.11. The van der Waals surface area contributed by atoms with Crippen molar-refractivity contribution in [3.8, 4) is 0 Å². The minimum absolute atomic E-state index is 0.171. The van der Waals surface area contributed by atoms with Crippen LogP contribution in [0.25, 0.3) is 0 Å². The van der Waals surface area contributed by atoms with Gasteiger partial charge >= 0.3 is 0 Å². The van der Waals surface area contributed by atoms with E-state index in [0.717, 1.165) is 63.6 Å². The molecular weight excluding hydrogens is 270 g/mol. The average Bonchev–Trinajstić information content (AvgIpc) is 3.13. The van der Waals surface area contributed by atoms with Crippen LogP contribution in [0, 0.1) is 13.8 Å². The van der Waals surface area contributed by atoms with Gasteiger partial charge in [0.2, 0.25) is 0 Å². The van der Waals surface area contributed by atoms with Gasteiger partial charge in [0.15, 0.2) is 0 Å². The topological polar surface area (TPSA) is 58.8 Å². The lowest BCUT2D eigenvalue weighted by Gasteiger charge is -2.35. The fraction of sp³-hybridized carbons (Fsp3) is 0.733. The average molecular weight is 293 g/mol. The molecule has 2 fully saturated rings. The summed E-state index contributed by atoms with van der Waals surface area (Å²) in [5.41, 5.74) is 2.14. The lowest BCUT2D eigenvalue weighted by molar-refractivity contribution is -0.142. The van der Waals surface area contributed by atoms with Gasteiger partial charge in [0, 0.05) is 44.9 Å². The molecule has 3 rings (SSSR count). The van der Waals surface area contributed by atoms with Gasteiger partial charge in [-0.05, 0) is 26.7 Å². The second-order valence-electron chi connectivity index (χ2n) is 5.91. The summed E-state index contributed by atoms with van der Waals surface area (Å²) in [6, 6.07) is 0. The minimum atomic E-state index is -0.195. The molecule has 21 heavy (non-hydrogen) atoms. The van der Waals surface area contributed by atoms with E-state index in [1.165, 1.54) is 5.56 Å². The Morgan fingerprint density at radius 3 is 2.62 bits per heavy atom. The van der Waals surface area contributed by atoms with Crippen LogP contribution in [-0.4, -0.2) is 59.8 Å². The highest BCUT2D eigenvalue weighted by atomic mass is 16.5. The van der Waals surface area contributed by atoms with Crippen LogP contribution in [0.5, 0.6) is 0 Å². The first kappa shape index (κ1) is 14.5. The molecule has 1 atom stereocenters. The van der Waals surface area contributed by atoms with Gasteiger partial charge in [-0.2, -0.15) is 0 Å². The summed E-state index contributed by atoms with van der Waals surface area (Å²) >= 11 is 0. The van der Waals surface area contributed by atoms with E-state index in [-0.39, 0.29) is 12.0 Å². The zero-order valence-corrected chi connectivity index (χ0v) is 12.8. The summed E-state index contributed by atoms with van der Waals surface area (Å²) in [6.07, 6.45) is 1.68. The van der Waals surface area contributed by atoms with Gasteiger partial charge in [-0.15, -0.1) is 0 Å². The first-order valence-electron chi connectivity index (χ1n) is 7.69. The molecule has 0 saturated carbocycles. The normalized spacial score (nSPS) is 23.7. The Morgan fingerprint density at radius 2 is 2.05 bits per heavy atom. The van der Waals surface area contributed by atoms with E-state index >= 15 is 0 Å². The van der Waals surface area contributed by atoms with Gasteiger partial charge in [-0.1, -0.05) is 5.16 Å². The van der Waals surface area contributed by atoms with Crippen LogP contribution in [0.1, 0.15) is 29.9 Å². The second-order valence-corrected chi connectivity index (χ2v) is 5.91. The fourth-order valence-electron chi connectivity index (χ4n) is 3.05. The predicted molar refractivity (Wildman–Crippen MR) is 76.8 cm³/mol. The van der Waals surface area contributed by atoms with Crippen molar-refractivity contribution < 1.29 is 14.1 Å². The smallest absolute Gasteiger partial charge is 0.251 e. The van der Waals surface area contributed by atoms with Crippen molar-refractivity contribution in [3.05, 3.63) is 17.0 Å². The molecule has 0 spiro atoms. The maximum absolute atomic E-state index is 12.3. The number of hydrogen-bond donors (Lipinski definition) is 0. The Bertz CT molecular complexity index is 481. The van der Waals surface area contributed by atoms with Crippen molar-refractivity contribution in [2.45, 2.75) is 39.3 Å². The molecule has 0 unspecified atom stereocenters. The standard InChI is InChI=1S/C15H23N3O3/c1-11-13(12(2)21-16-11)10-17-5-7-18(8-6-17)15(19)14-4-3-9-20-14/h14H,3-10H2,1-2H3/t14-/m0/s1. The minimum Gasteiger partial charge on any atom is -0.368 e. The largest absolute Gasteiger partial charge is 0.368 e. The molecule has 2 aliphatic heterocycles. The third-order valence-electron chi connectivity index (χ3n) is 4.45. The number of rotatable bonds is 3. The molecule has 1 aromatic heterocycles. The molecule has 2 saturated heterocycles. The number of aromatic nitrogens is 1. The fourth-order valence-corrected chi connectivity index (χ4v) is 3.05. The lowest BCUT2D eigenvalue weighted by atomic mass is 10.1. The summed E-state index contributed by atoms with van der Waals surface area (Å²) in [5.74, 6) is 1.06. The van der Waals surface area contributed by atoms with Gasteiger partial charge in [-0.25, -0.2) is 0 Å². The van der Waals surface area contributed by atoms with Crippen molar-refractivity contribution in [1.82, 2.24) is 15.0 Å². The van der Waals surface area contributed by atoms with Crippen molar-refractivity contribution in [2.75, 3.05) is 32.8 Å². The van der Waals surface area contributed by atoms with Crippen LogP contribution in [0.2, 0.25) is 0 Å². The number of hydrogen-bond acceptors (Lipinski definition) is 5. The number of carbonyl (C=O) groups is 1. The van der Waals surface area contributed by atoms with Crippen molar-refractivity contribution in [1.29, 1.82) is 0 Å². The molecule has 1 amide bonds. The molecule has 0 aromatic carbocycles. The molecule has 0 radical (unpaired) electrons. The zero-order chi connectivity index (χ0) is 14.8. The van der Waals surface area contributed by atoms with Gasteiger partial charge in [-0.3, -0.25) is 9.69 Å². The Balaban J connectivity index is 1.52. The van der Waals surface area contributed by atoms with Crippen LogP contribution in [-0.2, 0) is 16.1 Å². The highest BCUT2D eigenvalue weighted by molar-refractivity contribution is 5.81. The summed E-state index contributed by atoms with van der Waals surface area (Å²) in [5, 5.41) is 3.99. The first-order chi connectivity index (χ1) is 10.1. The Morgan fingerprint density at radius 1 is 1.29 bits per heavy atom. The zero-order valence-electron chi connectivity index (χ0n) is 12.8. The highest BCUT2D eigenvalue weighted by Gasteiger charge is 2.30. The monoisotopic (exact) mass is 293 g/mol.